The molecule has 0 saturated carbocycles. The van der Waals surface area contributed by atoms with Crippen LogP contribution in [0, 0.1) is 0 Å². The Kier molecular flexibility index (Phi) is 3.84. The molecule has 0 aliphatic carbocycles. The lowest BCUT2D eigenvalue weighted by atomic mass is 10.2. The maximum absolute atomic E-state index is 12.4. The summed E-state index contributed by atoms with van der Waals surface area (Å²) in [5.74, 6) is 0. The van der Waals surface area contributed by atoms with Crippen LogP contribution in [0.2, 0.25) is 0 Å². The molecule has 5 nitrogen and oxygen atoms in total. The molecule has 3 rings (SSSR count). The molecule has 1 aromatic heterocycles. The highest BCUT2D eigenvalue weighted by molar-refractivity contribution is 6.01. The van der Waals surface area contributed by atoms with E-state index in [0.29, 0.717) is 0 Å². The maximum Gasteiger partial charge on any atom is 0.321 e. The topological polar surface area (TPSA) is 40.5 Å². The fourth-order valence-electron chi connectivity index (χ4n) is 2.90. The molecule has 1 aliphatic heterocycles. The summed E-state index contributed by atoms with van der Waals surface area (Å²) in [5, 5.41) is 4.14. The zero-order valence-electron chi connectivity index (χ0n) is 12.7. The van der Waals surface area contributed by atoms with Crippen LogP contribution in [0.5, 0.6) is 0 Å². The lowest BCUT2D eigenvalue weighted by Crippen LogP contribution is -2.49. The van der Waals surface area contributed by atoms with Crippen LogP contribution in [0.1, 0.15) is 6.92 Å². The number of amides is 2. The van der Waals surface area contributed by atoms with Crippen molar-refractivity contribution < 1.29 is 4.79 Å². The molecule has 112 valence electrons. The molecule has 1 fully saturated rings. The summed E-state index contributed by atoms with van der Waals surface area (Å²) in [6, 6.07) is 8.11. The fourth-order valence-corrected chi connectivity index (χ4v) is 2.90. The smallest absolute Gasteiger partial charge is 0.321 e. The van der Waals surface area contributed by atoms with Gasteiger partial charge in [0.15, 0.2) is 0 Å². The van der Waals surface area contributed by atoms with E-state index in [1.165, 1.54) is 0 Å². The third kappa shape index (κ3) is 2.74. The van der Waals surface area contributed by atoms with Gasteiger partial charge in [-0.25, -0.2) is 4.79 Å². The molecule has 0 radical (unpaired) electrons. The maximum atomic E-state index is 12.4. The third-order valence-electron chi connectivity index (χ3n) is 4.25. The van der Waals surface area contributed by atoms with Crippen LogP contribution in [0.4, 0.5) is 10.5 Å². The van der Waals surface area contributed by atoms with Gasteiger partial charge in [0.2, 0.25) is 0 Å². The van der Waals surface area contributed by atoms with E-state index in [4.69, 9.17) is 0 Å². The van der Waals surface area contributed by atoms with E-state index in [1.54, 1.807) is 0 Å². The summed E-state index contributed by atoms with van der Waals surface area (Å²) in [5.41, 5.74) is 2.01. The van der Waals surface area contributed by atoms with E-state index >= 15 is 0 Å². The van der Waals surface area contributed by atoms with Gasteiger partial charge in [0.1, 0.15) is 0 Å². The highest BCUT2D eigenvalue weighted by atomic mass is 16.2. The highest BCUT2D eigenvalue weighted by Crippen LogP contribution is 2.25. The van der Waals surface area contributed by atoms with Crippen molar-refractivity contribution in [2.75, 3.05) is 38.0 Å². The lowest BCUT2D eigenvalue weighted by Gasteiger charge is -2.33. The molecule has 0 unspecified atom stereocenters. The zero-order valence-corrected chi connectivity index (χ0v) is 12.7. The van der Waals surface area contributed by atoms with Gasteiger partial charge in [-0.3, -0.25) is 0 Å². The number of hydrogen-bond acceptors (Lipinski definition) is 2. The van der Waals surface area contributed by atoms with Gasteiger partial charge < -0.3 is 19.7 Å². The molecule has 1 aliphatic rings. The number of anilines is 1. The second-order valence-corrected chi connectivity index (χ2v) is 5.52. The molecule has 21 heavy (non-hydrogen) atoms. The molecule has 2 aromatic rings. The fraction of sp³-hybridized carbons (Fsp3) is 0.438. The first-order valence-electron chi connectivity index (χ1n) is 7.51. The number of fused-ring (bicyclic) bond motifs is 1. The average molecular weight is 286 g/mol. The summed E-state index contributed by atoms with van der Waals surface area (Å²) in [6.45, 7) is 6.72. The molecule has 1 N–H and O–H groups in total. The number of nitrogens with one attached hydrogen (secondary N) is 1. The minimum absolute atomic E-state index is 0.00195. The van der Waals surface area contributed by atoms with Crippen LogP contribution >= 0.6 is 0 Å². The van der Waals surface area contributed by atoms with E-state index in [0.717, 1.165) is 49.3 Å². The largest absolute Gasteiger partial charge is 0.348 e. The van der Waals surface area contributed by atoms with Gasteiger partial charge in [0, 0.05) is 50.3 Å². The number of piperazine rings is 1. The van der Waals surface area contributed by atoms with E-state index in [-0.39, 0.29) is 6.03 Å². The Balaban J connectivity index is 1.72. The number of carbonyl (C=O) groups excluding carboxylic acids is 1. The van der Waals surface area contributed by atoms with Crippen molar-refractivity contribution in [3.8, 4) is 0 Å². The van der Waals surface area contributed by atoms with Crippen molar-refractivity contribution in [3.63, 3.8) is 0 Å². The summed E-state index contributed by atoms with van der Waals surface area (Å²) in [7, 11) is 2.00. The Morgan fingerprint density at radius 3 is 2.62 bits per heavy atom. The van der Waals surface area contributed by atoms with Crippen LogP contribution in [-0.4, -0.2) is 53.1 Å². The van der Waals surface area contributed by atoms with Crippen LogP contribution in [-0.2, 0) is 7.05 Å². The predicted octanol–water partition coefficient (Wildman–Crippen LogP) is 2.35. The number of hydrogen-bond donors (Lipinski definition) is 1. The van der Waals surface area contributed by atoms with Crippen molar-refractivity contribution in [2.24, 2.45) is 7.05 Å². The second kappa shape index (κ2) is 5.77. The van der Waals surface area contributed by atoms with Gasteiger partial charge in [0.05, 0.1) is 5.69 Å². The third-order valence-corrected chi connectivity index (χ3v) is 4.25. The van der Waals surface area contributed by atoms with Crippen molar-refractivity contribution in [1.29, 1.82) is 0 Å². The Hall–Kier alpha value is -2.01. The van der Waals surface area contributed by atoms with Gasteiger partial charge in [-0.05, 0) is 12.6 Å². The minimum atomic E-state index is 0.00195. The van der Waals surface area contributed by atoms with Gasteiger partial charge >= 0.3 is 6.03 Å². The highest BCUT2D eigenvalue weighted by Gasteiger charge is 2.21. The van der Waals surface area contributed by atoms with Gasteiger partial charge in [-0.2, -0.15) is 0 Å². The first kappa shape index (κ1) is 13.9. The standard InChI is InChI=1S/C16H22N4O/c1-3-19-8-10-20(11-9-19)16(21)17-14-12-18(2)15-7-5-4-6-13(14)15/h4-7,12H,3,8-11H2,1-2H3,(H,17,21). The van der Waals surface area contributed by atoms with Crippen LogP contribution < -0.4 is 5.32 Å². The van der Waals surface area contributed by atoms with Crippen LogP contribution in [0.25, 0.3) is 10.9 Å². The van der Waals surface area contributed by atoms with E-state index in [1.807, 2.05) is 40.9 Å². The molecule has 1 saturated heterocycles. The van der Waals surface area contributed by atoms with E-state index in [2.05, 4.69) is 23.2 Å². The van der Waals surface area contributed by atoms with Crippen molar-refractivity contribution in [2.45, 2.75) is 6.92 Å². The zero-order chi connectivity index (χ0) is 14.8. The first-order valence-corrected chi connectivity index (χ1v) is 7.51. The number of rotatable bonds is 2. The second-order valence-electron chi connectivity index (χ2n) is 5.52. The van der Waals surface area contributed by atoms with Gasteiger partial charge in [-0.1, -0.05) is 25.1 Å². The van der Waals surface area contributed by atoms with Crippen molar-refractivity contribution >= 4 is 22.6 Å². The lowest BCUT2D eigenvalue weighted by molar-refractivity contribution is 0.151. The molecule has 0 spiro atoms. The molecular weight excluding hydrogens is 264 g/mol. The molecule has 0 atom stereocenters. The molecule has 2 heterocycles. The molecular formula is C16H22N4O. The first-order chi connectivity index (χ1) is 10.2. The Morgan fingerprint density at radius 2 is 1.90 bits per heavy atom. The number of nitrogens with zero attached hydrogens (tertiary/aromatic N) is 3. The normalized spacial score (nSPS) is 16.4. The number of carbonyl (C=O) groups is 1. The number of aryl methyl sites for hydroxylation is 1. The van der Waals surface area contributed by atoms with Crippen molar-refractivity contribution in [1.82, 2.24) is 14.4 Å². The van der Waals surface area contributed by atoms with E-state index in [9.17, 15) is 4.79 Å². The quantitative estimate of drug-likeness (QED) is 0.920. The van der Waals surface area contributed by atoms with Crippen LogP contribution in [0.3, 0.4) is 0 Å². The monoisotopic (exact) mass is 286 g/mol. The molecule has 5 heteroatoms. The van der Waals surface area contributed by atoms with Gasteiger partial charge in [-0.15, -0.1) is 0 Å². The SMILES string of the molecule is CCN1CCN(C(=O)Nc2cn(C)c3ccccc23)CC1. The molecule has 2 amide bonds. The van der Waals surface area contributed by atoms with Crippen molar-refractivity contribution in [3.05, 3.63) is 30.5 Å². The van der Waals surface area contributed by atoms with Crippen LogP contribution in [0.15, 0.2) is 30.5 Å². The number of para-hydroxylation sites is 1. The summed E-state index contributed by atoms with van der Waals surface area (Å²) in [4.78, 5) is 16.7. The molecule has 1 aromatic carbocycles. The number of benzene rings is 1. The van der Waals surface area contributed by atoms with E-state index < -0.39 is 0 Å². The Morgan fingerprint density at radius 1 is 1.19 bits per heavy atom. The summed E-state index contributed by atoms with van der Waals surface area (Å²) in [6.07, 6.45) is 1.98. The Bertz CT molecular complexity index is 641. The molecule has 0 bridgehead atoms. The van der Waals surface area contributed by atoms with Gasteiger partial charge in [0.25, 0.3) is 0 Å². The number of aromatic nitrogens is 1. The number of urea groups is 1. The predicted molar refractivity (Wildman–Crippen MR) is 85.6 cm³/mol. The number of likely N-dealkylation sites (N-methyl/N-ethyl adjacent to an activating group) is 1. The minimum Gasteiger partial charge on any atom is -0.348 e. The Labute approximate surface area is 125 Å². The summed E-state index contributed by atoms with van der Waals surface area (Å²) >= 11 is 0. The average Bonchev–Trinajstić information content (AvgIpc) is 2.84. The summed E-state index contributed by atoms with van der Waals surface area (Å²) < 4.78 is 2.04.